The van der Waals surface area contributed by atoms with E-state index in [-0.39, 0.29) is 12.7 Å². The second kappa shape index (κ2) is 9.63. The molecule has 4 unspecified atom stereocenters. The van der Waals surface area contributed by atoms with E-state index in [1.54, 1.807) is 0 Å². The van der Waals surface area contributed by atoms with Gasteiger partial charge in [-0.05, 0) is 10.6 Å². The molecule has 4 N–H and O–H groups in total. The van der Waals surface area contributed by atoms with Gasteiger partial charge in [-0.25, -0.2) is 18.1 Å². The zero-order chi connectivity index (χ0) is 21.8. The molecule has 1 saturated heterocycles. The third-order valence-corrected chi connectivity index (χ3v) is 6.75. The van der Waals surface area contributed by atoms with E-state index in [2.05, 4.69) is 23.2 Å². The average molecular weight is 469 g/mol. The molecule has 0 bridgehead atoms. The maximum atomic E-state index is 13.9. The zero-order valence-electron chi connectivity index (χ0n) is 14.0. The average Bonchev–Trinajstić information content (AvgIpc) is 2.82. The quantitative estimate of drug-likeness (QED) is 0.0841. The van der Waals surface area contributed by atoms with Crippen LogP contribution in [0.2, 0.25) is 6.32 Å². The Labute approximate surface area is 158 Å². The molecule has 28 heavy (non-hydrogen) atoms. The third-order valence-electron chi connectivity index (χ3n) is 2.95. The topological polar surface area (TPSA) is 227 Å². The largest absolute Gasteiger partial charge is 0.490 e. The van der Waals surface area contributed by atoms with Crippen LogP contribution in [0, 0.1) is 0 Å². The molecular formula is C8H16BFN3O12P3. The van der Waals surface area contributed by atoms with Gasteiger partial charge in [-0.3, -0.25) is 4.52 Å². The number of halogens is 1. The van der Waals surface area contributed by atoms with Crippen molar-refractivity contribution in [2.75, 3.05) is 6.61 Å². The second-order valence-corrected chi connectivity index (χ2v) is 9.79. The molecule has 1 heterocycles. The minimum atomic E-state index is -5.68. The van der Waals surface area contributed by atoms with E-state index in [9.17, 15) is 23.0 Å². The van der Waals surface area contributed by atoms with Gasteiger partial charge in [0.25, 0.3) is 5.98 Å². The molecule has 0 saturated carbocycles. The first-order valence-corrected chi connectivity index (χ1v) is 11.7. The van der Waals surface area contributed by atoms with Crippen molar-refractivity contribution in [1.82, 2.24) is 0 Å². The zero-order valence-corrected chi connectivity index (χ0v) is 16.7. The Morgan fingerprint density at radius 1 is 1.29 bits per heavy atom. The standard InChI is InChI=1S/C8H16BFN3O12P3/c1-8(10,12-13-11)23-6-2-5(3-9)22-7(6)4-21-27(17,18)25-28(19,20)24-26(14,15)16/h5-7H,2-4H2,1H3,(H,17,18)(H,19,20)(H2,14,15,16)/t5-,6?,7-,8?/m1/s1. The SMILES string of the molecule is [B]C[C@H]1CC(OC(C)(F)N=[N+]=[N-])[C@@H](COP(=O)(O)OP(=O)(O)OP(=O)(O)O)O1. The summed E-state index contributed by atoms with van der Waals surface area (Å²) in [7, 11) is -11.2. The number of alkyl halides is 1. The summed E-state index contributed by atoms with van der Waals surface area (Å²) in [6.45, 7) is -0.0703. The molecule has 6 atom stereocenters. The highest BCUT2D eigenvalue weighted by molar-refractivity contribution is 7.66. The third kappa shape index (κ3) is 9.42. The number of hydrogen-bond donors (Lipinski definition) is 4. The molecule has 0 aromatic carbocycles. The predicted octanol–water partition coefficient (Wildman–Crippen LogP) is 1.41. The van der Waals surface area contributed by atoms with Crippen molar-refractivity contribution in [2.45, 2.75) is 44.0 Å². The van der Waals surface area contributed by atoms with E-state index in [0.29, 0.717) is 0 Å². The minimum Gasteiger partial charge on any atom is -0.371 e. The fraction of sp³-hybridized carbons (Fsp3) is 1.00. The van der Waals surface area contributed by atoms with Gasteiger partial charge in [-0.1, -0.05) is 6.32 Å². The van der Waals surface area contributed by atoms with Crippen LogP contribution in [0.15, 0.2) is 5.11 Å². The van der Waals surface area contributed by atoms with Crippen molar-refractivity contribution in [1.29, 1.82) is 0 Å². The van der Waals surface area contributed by atoms with Gasteiger partial charge in [0.05, 0.1) is 26.7 Å². The first-order chi connectivity index (χ1) is 12.6. The summed E-state index contributed by atoms with van der Waals surface area (Å²) in [4.78, 5) is 37.6. The van der Waals surface area contributed by atoms with E-state index in [4.69, 9.17) is 37.5 Å². The van der Waals surface area contributed by atoms with Gasteiger partial charge in [0.1, 0.15) is 6.10 Å². The van der Waals surface area contributed by atoms with Crippen LogP contribution in [0.5, 0.6) is 0 Å². The maximum absolute atomic E-state index is 13.9. The van der Waals surface area contributed by atoms with Crippen molar-refractivity contribution >= 4 is 31.3 Å². The number of hydrogen-bond acceptors (Lipinski definition) is 9. The van der Waals surface area contributed by atoms with Gasteiger partial charge < -0.3 is 29.0 Å². The Bertz CT molecular complexity index is 744. The van der Waals surface area contributed by atoms with Gasteiger partial charge >= 0.3 is 23.5 Å². The lowest BCUT2D eigenvalue weighted by Gasteiger charge is -2.25. The summed E-state index contributed by atoms with van der Waals surface area (Å²) < 4.78 is 69.2. The molecule has 0 aromatic rings. The van der Waals surface area contributed by atoms with Crippen LogP contribution >= 0.6 is 23.5 Å². The van der Waals surface area contributed by atoms with E-state index in [0.717, 1.165) is 6.92 Å². The summed E-state index contributed by atoms with van der Waals surface area (Å²) in [6, 6.07) is 0. The fourth-order valence-corrected chi connectivity index (χ4v) is 5.10. The van der Waals surface area contributed by atoms with Crippen molar-refractivity contribution in [3.8, 4) is 0 Å². The van der Waals surface area contributed by atoms with Crippen molar-refractivity contribution in [2.24, 2.45) is 5.11 Å². The summed E-state index contributed by atoms with van der Waals surface area (Å²) in [5.41, 5.74) is 8.30. The molecule has 1 rings (SSSR count). The molecule has 0 spiro atoms. The highest BCUT2D eigenvalue weighted by Gasteiger charge is 2.44. The van der Waals surface area contributed by atoms with Gasteiger partial charge in [-0.2, -0.15) is 8.62 Å². The Kier molecular flexibility index (Phi) is 8.83. The molecule has 1 fully saturated rings. The monoisotopic (exact) mass is 469 g/mol. The highest BCUT2D eigenvalue weighted by Crippen LogP contribution is 2.66. The predicted molar refractivity (Wildman–Crippen MR) is 87.2 cm³/mol. The first kappa shape index (κ1) is 25.7. The van der Waals surface area contributed by atoms with Crippen molar-refractivity contribution in [3.63, 3.8) is 0 Å². The molecule has 0 aliphatic carbocycles. The van der Waals surface area contributed by atoms with Gasteiger partial charge in [0, 0.05) is 18.3 Å². The summed E-state index contributed by atoms with van der Waals surface area (Å²) >= 11 is 0. The summed E-state index contributed by atoms with van der Waals surface area (Å²) in [5.74, 6) is -2.79. The van der Waals surface area contributed by atoms with Crippen LogP contribution in [0.1, 0.15) is 13.3 Å². The van der Waals surface area contributed by atoms with Crippen LogP contribution in [-0.4, -0.2) is 58.3 Å². The Morgan fingerprint density at radius 3 is 2.39 bits per heavy atom. The number of nitrogens with zero attached hydrogens (tertiary/aromatic N) is 3. The molecule has 2 radical (unpaired) electrons. The lowest BCUT2D eigenvalue weighted by Crippen LogP contribution is -2.35. The summed E-state index contributed by atoms with van der Waals surface area (Å²) in [5, 5.41) is 2.77. The van der Waals surface area contributed by atoms with E-state index in [1.807, 2.05) is 0 Å². The van der Waals surface area contributed by atoms with Gasteiger partial charge in [0.2, 0.25) is 0 Å². The van der Waals surface area contributed by atoms with Crippen molar-refractivity contribution in [3.05, 3.63) is 10.4 Å². The molecule has 15 nitrogen and oxygen atoms in total. The van der Waals surface area contributed by atoms with Crippen molar-refractivity contribution < 1.29 is 60.3 Å². The van der Waals surface area contributed by atoms with E-state index < -0.39 is 54.4 Å². The minimum absolute atomic E-state index is 0.0125. The fourth-order valence-electron chi connectivity index (χ4n) is 2.07. The molecule has 1 aliphatic heterocycles. The van der Waals surface area contributed by atoms with Crippen LogP contribution in [-0.2, 0) is 36.3 Å². The van der Waals surface area contributed by atoms with Crippen LogP contribution in [0.25, 0.3) is 10.4 Å². The lowest BCUT2D eigenvalue weighted by atomic mass is 9.97. The van der Waals surface area contributed by atoms with E-state index in [1.165, 1.54) is 0 Å². The molecule has 20 heteroatoms. The first-order valence-electron chi connectivity index (χ1n) is 7.15. The van der Waals surface area contributed by atoms with Gasteiger partial charge in [-0.15, -0.1) is 0 Å². The lowest BCUT2D eigenvalue weighted by molar-refractivity contribution is -0.178. The Hall–Kier alpha value is -0.365. The van der Waals surface area contributed by atoms with Crippen LogP contribution in [0.3, 0.4) is 0 Å². The van der Waals surface area contributed by atoms with Crippen LogP contribution < -0.4 is 0 Å². The Balaban J connectivity index is 2.78. The number of azide groups is 1. The summed E-state index contributed by atoms with van der Waals surface area (Å²) in [6.07, 6.45) is -3.15. The molecule has 1 aliphatic rings. The number of phosphoric ester groups is 1. The number of ether oxygens (including phenoxy) is 2. The number of phosphoric acid groups is 3. The van der Waals surface area contributed by atoms with Gasteiger partial charge in [0.15, 0.2) is 0 Å². The maximum Gasteiger partial charge on any atom is 0.490 e. The smallest absolute Gasteiger partial charge is 0.371 e. The number of rotatable bonds is 11. The molecule has 0 aromatic heterocycles. The van der Waals surface area contributed by atoms with E-state index >= 15 is 0 Å². The molecule has 160 valence electrons. The van der Waals surface area contributed by atoms with Crippen LogP contribution in [0.4, 0.5) is 4.39 Å². The molecular weight excluding hydrogens is 453 g/mol. The molecule has 0 amide bonds. The Morgan fingerprint density at radius 2 is 1.89 bits per heavy atom. The normalized spacial score (nSPS) is 29.3. The second-order valence-electron chi connectivity index (χ2n) is 5.37. The highest BCUT2D eigenvalue weighted by atomic mass is 31.3.